The maximum absolute atomic E-state index is 13.0. The van der Waals surface area contributed by atoms with Gasteiger partial charge in [-0.1, -0.05) is 42.8 Å². The molecule has 0 fully saturated rings. The van der Waals surface area contributed by atoms with E-state index >= 15 is 0 Å². The van der Waals surface area contributed by atoms with E-state index in [2.05, 4.69) is 0 Å². The molecule has 10 heteroatoms. The van der Waals surface area contributed by atoms with E-state index in [0.29, 0.717) is 13.0 Å². The summed E-state index contributed by atoms with van der Waals surface area (Å²) < 4.78 is 27.1. The van der Waals surface area contributed by atoms with E-state index in [-0.39, 0.29) is 35.0 Å². The minimum atomic E-state index is -4.11. The van der Waals surface area contributed by atoms with Gasteiger partial charge in [0, 0.05) is 19.2 Å². The van der Waals surface area contributed by atoms with E-state index in [1.54, 1.807) is 11.8 Å². The van der Waals surface area contributed by atoms with Gasteiger partial charge in [0.05, 0.1) is 22.4 Å². The van der Waals surface area contributed by atoms with Crippen molar-refractivity contribution in [2.24, 2.45) is 0 Å². The van der Waals surface area contributed by atoms with Crippen LogP contribution in [-0.2, 0) is 21.2 Å². The van der Waals surface area contributed by atoms with Gasteiger partial charge in [-0.3, -0.25) is 14.9 Å². The fourth-order valence-corrected chi connectivity index (χ4v) is 5.27. The van der Waals surface area contributed by atoms with E-state index in [4.69, 9.17) is 11.6 Å². The summed E-state index contributed by atoms with van der Waals surface area (Å²) in [6.07, 6.45) is 0.703. The van der Waals surface area contributed by atoms with Gasteiger partial charge in [0.1, 0.15) is 5.02 Å². The Morgan fingerprint density at radius 2 is 2.00 bits per heavy atom. The summed E-state index contributed by atoms with van der Waals surface area (Å²) in [5, 5.41) is 11.0. The average Bonchev–Trinajstić information content (AvgIpc) is 2.72. The van der Waals surface area contributed by atoms with Crippen LogP contribution in [0.3, 0.4) is 0 Å². The predicted octanol–water partition coefficient (Wildman–Crippen LogP) is 3.40. The molecule has 1 heterocycles. The zero-order valence-corrected chi connectivity index (χ0v) is 18.2. The van der Waals surface area contributed by atoms with Crippen molar-refractivity contribution in [1.29, 1.82) is 0 Å². The van der Waals surface area contributed by atoms with Crippen molar-refractivity contribution < 1.29 is 18.1 Å². The lowest BCUT2D eigenvalue weighted by atomic mass is 9.93. The summed E-state index contributed by atoms with van der Waals surface area (Å²) in [5.41, 5.74) is 1.74. The molecular weight excluding hydrogens is 430 g/mol. The molecule has 1 aliphatic rings. The largest absolute Gasteiger partial charge is 0.334 e. The maximum atomic E-state index is 13.0. The number of fused-ring (bicyclic) bond motifs is 1. The molecule has 0 spiro atoms. The first-order valence-electron chi connectivity index (χ1n) is 9.48. The standard InChI is InChI=1S/C20H22ClN3O5S/c1-3-22(30(28,29)16-8-9-18(21)19(12-16)24(26)27)13-20(25)23-11-10-15-6-4-5-7-17(15)14(23)2/h4-9,12,14H,3,10-11,13H2,1-2H3. The summed E-state index contributed by atoms with van der Waals surface area (Å²) >= 11 is 5.79. The molecule has 3 rings (SSSR count). The van der Waals surface area contributed by atoms with E-state index in [1.165, 1.54) is 17.7 Å². The number of nitro groups is 1. The maximum Gasteiger partial charge on any atom is 0.289 e. The summed E-state index contributed by atoms with van der Waals surface area (Å²) in [7, 11) is -4.11. The van der Waals surface area contributed by atoms with Crippen molar-refractivity contribution in [3.8, 4) is 0 Å². The topological polar surface area (TPSA) is 101 Å². The van der Waals surface area contributed by atoms with E-state index < -0.39 is 20.6 Å². The molecule has 8 nitrogen and oxygen atoms in total. The number of likely N-dealkylation sites (N-methyl/N-ethyl adjacent to an activating group) is 1. The monoisotopic (exact) mass is 451 g/mol. The van der Waals surface area contributed by atoms with Crippen LogP contribution >= 0.6 is 11.6 Å². The summed E-state index contributed by atoms with van der Waals surface area (Å²) in [6, 6.07) is 11.0. The number of rotatable bonds is 6. The first-order chi connectivity index (χ1) is 14.2. The second-order valence-electron chi connectivity index (χ2n) is 7.01. The Balaban J connectivity index is 1.84. The molecule has 2 aromatic rings. The number of amides is 1. The van der Waals surface area contributed by atoms with Crippen LogP contribution in [-0.4, -0.2) is 48.1 Å². The number of carbonyl (C=O) groups is 1. The van der Waals surface area contributed by atoms with Gasteiger partial charge in [0.15, 0.2) is 0 Å². The zero-order valence-electron chi connectivity index (χ0n) is 16.6. The highest BCUT2D eigenvalue weighted by Crippen LogP contribution is 2.31. The van der Waals surface area contributed by atoms with Crippen LogP contribution in [0.2, 0.25) is 5.02 Å². The van der Waals surface area contributed by atoms with E-state index in [0.717, 1.165) is 15.9 Å². The lowest BCUT2D eigenvalue weighted by Crippen LogP contribution is -2.46. The smallest absolute Gasteiger partial charge is 0.289 e. The number of hydrogen-bond acceptors (Lipinski definition) is 5. The highest BCUT2D eigenvalue weighted by Gasteiger charge is 2.32. The van der Waals surface area contributed by atoms with Gasteiger partial charge < -0.3 is 4.90 Å². The Hall–Kier alpha value is -2.49. The first-order valence-corrected chi connectivity index (χ1v) is 11.3. The Kier molecular flexibility index (Phi) is 6.44. The van der Waals surface area contributed by atoms with Crippen LogP contribution in [0.1, 0.15) is 31.0 Å². The first kappa shape index (κ1) is 22.2. The molecule has 0 aromatic heterocycles. The molecule has 0 saturated carbocycles. The normalized spacial score (nSPS) is 16.4. The average molecular weight is 452 g/mol. The van der Waals surface area contributed by atoms with Gasteiger partial charge in [-0.2, -0.15) is 4.31 Å². The molecule has 1 atom stereocenters. The minimum absolute atomic E-state index is 0.0449. The summed E-state index contributed by atoms with van der Waals surface area (Å²) in [4.78, 5) is 24.8. The number of nitro benzene ring substituents is 1. The van der Waals surface area contributed by atoms with Gasteiger partial charge in [-0.25, -0.2) is 8.42 Å². The number of benzene rings is 2. The number of hydrogen-bond donors (Lipinski definition) is 0. The SMILES string of the molecule is CCN(CC(=O)N1CCc2ccccc2C1C)S(=O)(=O)c1ccc(Cl)c([N+](=O)[O-])c1. The molecule has 1 aliphatic heterocycles. The second kappa shape index (κ2) is 8.71. The lowest BCUT2D eigenvalue weighted by molar-refractivity contribution is -0.384. The molecule has 1 unspecified atom stereocenters. The Morgan fingerprint density at radius 3 is 2.67 bits per heavy atom. The van der Waals surface area contributed by atoms with Gasteiger partial charge in [0.25, 0.3) is 5.69 Å². The van der Waals surface area contributed by atoms with Crippen molar-refractivity contribution in [2.45, 2.75) is 31.2 Å². The van der Waals surface area contributed by atoms with Crippen LogP contribution in [0, 0.1) is 10.1 Å². The molecule has 0 radical (unpaired) electrons. The minimum Gasteiger partial charge on any atom is -0.334 e. The van der Waals surface area contributed by atoms with Crippen molar-refractivity contribution >= 4 is 33.2 Å². The Bertz CT molecular complexity index is 1090. The molecule has 30 heavy (non-hydrogen) atoms. The van der Waals surface area contributed by atoms with Crippen LogP contribution in [0.4, 0.5) is 5.69 Å². The van der Waals surface area contributed by atoms with Crippen LogP contribution in [0.15, 0.2) is 47.4 Å². The van der Waals surface area contributed by atoms with Gasteiger partial charge in [-0.15, -0.1) is 0 Å². The van der Waals surface area contributed by atoms with E-state index in [1.807, 2.05) is 31.2 Å². The molecule has 0 bridgehead atoms. The number of carbonyl (C=O) groups excluding carboxylic acids is 1. The highest BCUT2D eigenvalue weighted by molar-refractivity contribution is 7.89. The second-order valence-corrected chi connectivity index (χ2v) is 9.36. The lowest BCUT2D eigenvalue weighted by Gasteiger charge is -2.36. The van der Waals surface area contributed by atoms with Crippen molar-refractivity contribution in [2.75, 3.05) is 19.6 Å². The van der Waals surface area contributed by atoms with Crippen molar-refractivity contribution in [3.63, 3.8) is 0 Å². The molecule has 0 saturated heterocycles. The number of halogens is 1. The van der Waals surface area contributed by atoms with Crippen LogP contribution < -0.4 is 0 Å². The fourth-order valence-electron chi connectivity index (χ4n) is 3.66. The third-order valence-corrected chi connectivity index (χ3v) is 7.57. The Labute approximate surface area is 180 Å². The fraction of sp³-hybridized carbons (Fsp3) is 0.350. The predicted molar refractivity (Wildman–Crippen MR) is 113 cm³/mol. The number of nitrogens with zero attached hydrogens (tertiary/aromatic N) is 3. The van der Waals surface area contributed by atoms with Gasteiger partial charge in [-0.05, 0) is 36.6 Å². The third-order valence-electron chi connectivity index (χ3n) is 5.33. The Morgan fingerprint density at radius 1 is 1.30 bits per heavy atom. The molecule has 0 aliphatic carbocycles. The van der Waals surface area contributed by atoms with Crippen molar-refractivity contribution in [3.05, 3.63) is 68.7 Å². The quantitative estimate of drug-likeness (QED) is 0.494. The van der Waals surface area contributed by atoms with Crippen LogP contribution in [0.5, 0.6) is 0 Å². The van der Waals surface area contributed by atoms with E-state index in [9.17, 15) is 23.3 Å². The number of sulfonamides is 1. The highest BCUT2D eigenvalue weighted by atomic mass is 35.5. The van der Waals surface area contributed by atoms with Gasteiger partial charge in [0.2, 0.25) is 15.9 Å². The molecular formula is C20H22ClN3O5S. The summed E-state index contributed by atoms with van der Waals surface area (Å²) in [5.74, 6) is -0.314. The summed E-state index contributed by atoms with van der Waals surface area (Å²) in [6.45, 7) is 3.74. The molecule has 160 valence electrons. The molecule has 1 amide bonds. The van der Waals surface area contributed by atoms with Crippen molar-refractivity contribution in [1.82, 2.24) is 9.21 Å². The third kappa shape index (κ3) is 4.19. The van der Waals surface area contributed by atoms with Crippen LogP contribution in [0.25, 0.3) is 0 Å². The van der Waals surface area contributed by atoms with Gasteiger partial charge >= 0.3 is 0 Å². The zero-order chi connectivity index (χ0) is 22.1. The molecule has 0 N–H and O–H groups in total. The molecule has 2 aromatic carbocycles.